The molecule has 0 amide bonds. The van der Waals surface area contributed by atoms with Gasteiger partial charge in [-0.2, -0.15) is 10.2 Å². The first-order chi connectivity index (χ1) is 12.0. The molecule has 3 rings (SSSR count). The van der Waals surface area contributed by atoms with E-state index in [2.05, 4.69) is 28.9 Å². The SMILES string of the molecule is CC(C)CN(Cc1cnn(C)c1)Cc1cc(F)ccc1-n1cccn1. The van der Waals surface area contributed by atoms with Gasteiger partial charge >= 0.3 is 0 Å². The molecule has 0 saturated carbocycles. The molecule has 5 nitrogen and oxygen atoms in total. The normalized spacial score (nSPS) is 11.6. The quantitative estimate of drug-likeness (QED) is 0.661. The Bertz CT molecular complexity index is 807. The Morgan fingerprint density at radius 2 is 2.04 bits per heavy atom. The number of aromatic nitrogens is 4. The zero-order valence-electron chi connectivity index (χ0n) is 14.9. The van der Waals surface area contributed by atoms with Crippen molar-refractivity contribution in [3.63, 3.8) is 0 Å². The van der Waals surface area contributed by atoms with Crippen molar-refractivity contribution in [3.05, 3.63) is 66.0 Å². The number of hydrogen-bond acceptors (Lipinski definition) is 3. The molecule has 0 fully saturated rings. The molecule has 0 bridgehead atoms. The van der Waals surface area contributed by atoms with Crippen molar-refractivity contribution < 1.29 is 4.39 Å². The van der Waals surface area contributed by atoms with Crippen LogP contribution in [0.4, 0.5) is 4.39 Å². The molecule has 1 aromatic carbocycles. The van der Waals surface area contributed by atoms with Crippen molar-refractivity contribution in [1.29, 1.82) is 0 Å². The highest BCUT2D eigenvalue weighted by atomic mass is 19.1. The lowest BCUT2D eigenvalue weighted by atomic mass is 10.1. The number of halogens is 1. The van der Waals surface area contributed by atoms with Gasteiger partial charge in [0.15, 0.2) is 0 Å². The predicted octanol–water partition coefficient (Wildman–Crippen LogP) is 3.40. The highest BCUT2D eigenvalue weighted by molar-refractivity contribution is 5.40. The lowest BCUT2D eigenvalue weighted by Crippen LogP contribution is -2.27. The molecule has 6 heteroatoms. The van der Waals surface area contributed by atoms with Gasteiger partial charge < -0.3 is 0 Å². The fourth-order valence-electron chi connectivity index (χ4n) is 3.07. The average Bonchev–Trinajstić information content (AvgIpc) is 3.19. The van der Waals surface area contributed by atoms with Gasteiger partial charge in [0, 0.05) is 50.8 Å². The van der Waals surface area contributed by atoms with Crippen LogP contribution in [0.15, 0.2) is 49.1 Å². The summed E-state index contributed by atoms with van der Waals surface area (Å²) >= 11 is 0. The summed E-state index contributed by atoms with van der Waals surface area (Å²) in [6.45, 7) is 6.73. The summed E-state index contributed by atoms with van der Waals surface area (Å²) in [5.74, 6) is 0.287. The Labute approximate surface area is 147 Å². The second-order valence-corrected chi connectivity index (χ2v) is 6.81. The second kappa shape index (κ2) is 7.61. The smallest absolute Gasteiger partial charge is 0.123 e. The first-order valence-electron chi connectivity index (χ1n) is 8.49. The van der Waals surface area contributed by atoms with Crippen LogP contribution in [0.3, 0.4) is 0 Å². The van der Waals surface area contributed by atoms with Crippen LogP contribution in [0.2, 0.25) is 0 Å². The zero-order chi connectivity index (χ0) is 17.8. The van der Waals surface area contributed by atoms with Crippen molar-refractivity contribution in [3.8, 4) is 5.69 Å². The molecule has 0 aliphatic heterocycles. The topological polar surface area (TPSA) is 38.9 Å². The Kier molecular flexibility index (Phi) is 5.28. The van der Waals surface area contributed by atoms with E-state index in [0.29, 0.717) is 12.5 Å². The van der Waals surface area contributed by atoms with Crippen LogP contribution in [-0.2, 0) is 20.1 Å². The molecule has 0 atom stereocenters. The average molecular weight is 341 g/mol. The molecule has 2 aromatic heterocycles. The molecule has 0 N–H and O–H groups in total. The molecule has 0 unspecified atom stereocenters. The van der Waals surface area contributed by atoms with Crippen molar-refractivity contribution in [2.24, 2.45) is 13.0 Å². The number of benzene rings is 1. The Morgan fingerprint density at radius 3 is 2.68 bits per heavy atom. The van der Waals surface area contributed by atoms with Gasteiger partial charge in [-0.25, -0.2) is 9.07 Å². The largest absolute Gasteiger partial charge is 0.294 e. The fourth-order valence-corrected chi connectivity index (χ4v) is 3.07. The maximum atomic E-state index is 13.9. The first-order valence-corrected chi connectivity index (χ1v) is 8.49. The van der Waals surface area contributed by atoms with Gasteiger partial charge in [0.05, 0.1) is 11.9 Å². The van der Waals surface area contributed by atoms with Gasteiger partial charge in [-0.15, -0.1) is 0 Å². The highest BCUT2D eigenvalue weighted by Crippen LogP contribution is 2.19. The van der Waals surface area contributed by atoms with Gasteiger partial charge in [0.1, 0.15) is 5.82 Å². The first kappa shape index (κ1) is 17.4. The summed E-state index contributed by atoms with van der Waals surface area (Å²) in [7, 11) is 1.92. The van der Waals surface area contributed by atoms with Crippen LogP contribution in [-0.4, -0.2) is 31.0 Å². The van der Waals surface area contributed by atoms with E-state index in [1.807, 2.05) is 31.7 Å². The van der Waals surface area contributed by atoms with Gasteiger partial charge in [-0.05, 0) is 35.7 Å². The summed E-state index contributed by atoms with van der Waals surface area (Å²) < 4.78 is 17.5. The third kappa shape index (κ3) is 4.54. The molecule has 132 valence electrons. The molecule has 0 aliphatic carbocycles. The molecule has 0 radical (unpaired) electrons. The summed E-state index contributed by atoms with van der Waals surface area (Å²) in [6.07, 6.45) is 7.51. The van der Waals surface area contributed by atoms with Crippen molar-refractivity contribution in [2.45, 2.75) is 26.9 Å². The number of nitrogens with zero attached hydrogens (tertiary/aromatic N) is 5. The number of hydrogen-bond donors (Lipinski definition) is 0. The lowest BCUT2D eigenvalue weighted by Gasteiger charge is -2.25. The van der Waals surface area contributed by atoms with Gasteiger partial charge in [0.25, 0.3) is 0 Å². The molecule has 0 aliphatic rings. The zero-order valence-corrected chi connectivity index (χ0v) is 14.9. The lowest BCUT2D eigenvalue weighted by molar-refractivity contribution is 0.227. The maximum Gasteiger partial charge on any atom is 0.123 e. The van der Waals surface area contributed by atoms with Crippen molar-refractivity contribution in [2.75, 3.05) is 6.54 Å². The summed E-state index contributed by atoms with van der Waals surface area (Å²) in [6, 6.07) is 6.74. The fraction of sp³-hybridized carbons (Fsp3) is 0.368. The van der Waals surface area contributed by atoms with E-state index >= 15 is 0 Å². The van der Waals surface area contributed by atoms with E-state index < -0.39 is 0 Å². The molecule has 2 heterocycles. The van der Waals surface area contributed by atoms with E-state index in [9.17, 15) is 4.39 Å². The minimum atomic E-state index is -0.225. The standard InChI is InChI=1S/C19H24FN5/c1-15(2)11-24(13-16-10-22-23(3)12-16)14-17-9-18(20)5-6-19(17)25-8-4-7-21-25/h4-10,12,15H,11,13-14H2,1-3H3. The molecule has 0 spiro atoms. The third-order valence-electron chi connectivity index (χ3n) is 3.97. The van der Waals surface area contributed by atoms with E-state index in [1.165, 1.54) is 6.07 Å². The Hall–Kier alpha value is -2.47. The van der Waals surface area contributed by atoms with Gasteiger partial charge in [-0.3, -0.25) is 9.58 Å². The van der Waals surface area contributed by atoms with Crippen LogP contribution in [0, 0.1) is 11.7 Å². The van der Waals surface area contributed by atoms with Gasteiger partial charge in [0.2, 0.25) is 0 Å². The van der Waals surface area contributed by atoms with Gasteiger partial charge in [-0.1, -0.05) is 13.8 Å². The molecule has 3 aromatic rings. The molecule has 0 saturated heterocycles. The van der Waals surface area contributed by atoms with Crippen LogP contribution < -0.4 is 0 Å². The highest BCUT2D eigenvalue weighted by Gasteiger charge is 2.14. The minimum absolute atomic E-state index is 0.225. The van der Waals surface area contributed by atoms with Crippen molar-refractivity contribution in [1.82, 2.24) is 24.5 Å². The molecular weight excluding hydrogens is 317 g/mol. The third-order valence-corrected chi connectivity index (χ3v) is 3.97. The van der Waals surface area contributed by atoms with E-state index in [0.717, 1.165) is 29.9 Å². The van der Waals surface area contributed by atoms with Crippen LogP contribution >= 0.6 is 0 Å². The van der Waals surface area contributed by atoms with Crippen LogP contribution in [0.25, 0.3) is 5.69 Å². The number of aryl methyl sites for hydroxylation is 1. The summed E-state index contributed by atoms with van der Waals surface area (Å²) in [4.78, 5) is 2.32. The Morgan fingerprint density at radius 1 is 1.20 bits per heavy atom. The van der Waals surface area contributed by atoms with Crippen LogP contribution in [0.1, 0.15) is 25.0 Å². The van der Waals surface area contributed by atoms with E-state index in [1.54, 1.807) is 27.7 Å². The molecular formula is C19H24FN5. The predicted molar refractivity (Wildman–Crippen MR) is 95.7 cm³/mol. The van der Waals surface area contributed by atoms with E-state index in [4.69, 9.17) is 0 Å². The monoisotopic (exact) mass is 341 g/mol. The molecule has 25 heavy (non-hydrogen) atoms. The summed E-state index contributed by atoms with van der Waals surface area (Å²) in [5, 5.41) is 8.54. The van der Waals surface area contributed by atoms with E-state index in [-0.39, 0.29) is 5.82 Å². The van der Waals surface area contributed by atoms with Crippen molar-refractivity contribution >= 4 is 0 Å². The Balaban J connectivity index is 1.87. The number of rotatable bonds is 7. The minimum Gasteiger partial charge on any atom is -0.294 e. The maximum absolute atomic E-state index is 13.9. The second-order valence-electron chi connectivity index (χ2n) is 6.81. The van der Waals surface area contributed by atoms with Crippen LogP contribution in [0.5, 0.6) is 0 Å². The summed E-state index contributed by atoms with van der Waals surface area (Å²) in [5.41, 5.74) is 2.99.